The molecule has 7 heteroatoms. The first-order valence-corrected chi connectivity index (χ1v) is 9.13. The summed E-state index contributed by atoms with van der Waals surface area (Å²) in [4.78, 5) is 18.3. The molecule has 1 fully saturated rings. The van der Waals surface area contributed by atoms with Crippen LogP contribution >= 0.6 is 11.3 Å². The first kappa shape index (κ1) is 18.2. The van der Waals surface area contributed by atoms with E-state index in [0.29, 0.717) is 23.9 Å². The lowest BCUT2D eigenvalue weighted by atomic mass is 9.81. The summed E-state index contributed by atoms with van der Waals surface area (Å²) in [5, 5.41) is 14.2. The molecule has 1 aromatic carbocycles. The zero-order valence-electron chi connectivity index (χ0n) is 14.7. The quantitative estimate of drug-likeness (QED) is 0.792. The van der Waals surface area contributed by atoms with Crippen LogP contribution in [0.25, 0.3) is 0 Å². The molecule has 2 aromatic rings. The number of ether oxygens (including phenoxy) is 1. The van der Waals surface area contributed by atoms with Crippen LogP contribution in [0.1, 0.15) is 18.2 Å². The van der Waals surface area contributed by atoms with Gasteiger partial charge in [0, 0.05) is 31.0 Å². The van der Waals surface area contributed by atoms with Crippen molar-refractivity contribution in [3.63, 3.8) is 0 Å². The molecule has 1 atom stereocenters. The highest BCUT2D eigenvalue weighted by Gasteiger charge is 2.32. The van der Waals surface area contributed by atoms with Crippen LogP contribution in [0.2, 0.25) is 0 Å². The minimum Gasteiger partial charge on any atom is -0.497 e. The Morgan fingerprint density at radius 2 is 2.19 bits per heavy atom. The number of amides is 2. The van der Waals surface area contributed by atoms with Gasteiger partial charge in [0.05, 0.1) is 18.2 Å². The molecule has 1 saturated heterocycles. The highest BCUT2D eigenvalue weighted by molar-refractivity contribution is 7.14. The van der Waals surface area contributed by atoms with E-state index in [1.165, 1.54) is 11.3 Å². The molecule has 0 radical (unpaired) electrons. The standard InChI is InChI=1S/C19H21N3O3S/c1-4-19(2,14-5-7-15(25-3)8-6-14)16-12-26-17(20-16)21-18(24)22-9-13(10-22)11-23/h1,5-8,12-13,23H,9-11H2,2-3H3,(H,20,21,24)/t19-/m0/s1. The van der Waals surface area contributed by atoms with Gasteiger partial charge in [-0.2, -0.15) is 0 Å². The van der Waals surface area contributed by atoms with Gasteiger partial charge in [0.25, 0.3) is 0 Å². The van der Waals surface area contributed by atoms with Gasteiger partial charge in [-0.1, -0.05) is 18.1 Å². The number of carbonyl (C=O) groups excluding carboxylic acids is 1. The van der Waals surface area contributed by atoms with Crippen molar-refractivity contribution in [3.8, 4) is 18.1 Å². The van der Waals surface area contributed by atoms with Gasteiger partial charge in [0.1, 0.15) is 5.75 Å². The molecule has 0 aliphatic carbocycles. The number of urea groups is 1. The summed E-state index contributed by atoms with van der Waals surface area (Å²) in [6, 6.07) is 7.36. The Morgan fingerprint density at radius 3 is 2.77 bits per heavy atom. The Kier molecular flexibility index (Phi) is 5.16. The molecule has 0 unspecified atom stereocenters. The van der Waals surface area contributed by atoms with Crippen LogP contribution in [0.3, 0.4) is 0 Å². The number of rotatable bonds is 5. The van der Waals surface area contributed by atoms with Crippen LogP contribution < -0.4 is 10.1 Å². The Bertz CT molecular complexity index is 821. The van der Waals surface area contributed by atoms with Crippen LogP contribution in [0, 0.1) is 18.3 Å². The monoisotopic (exact) mass is 371 g/mol. The first-order valence-electron chi connectivity index (χ1n) is 8.25. The summed E-state index contributed by atoms with van der Waals surface area (Å²) in [6.45, 7) is 3.16. The summed E-state index contributed by atoms with van der Waals surface area (Å²) in [7, 11) is 1.62. The molecule has 0 saturated carbocycles. The molecule has 136 valence electrons. The highest BCUT2D eigenvalue weighted by atomic mass is 32.1. The number of hydrogen-bond acceptors (Lipinski definition) is 5. The molecule has 2 N–H and O–H groups in total. The average Bonchev–Trinajstić information content (AvgIpc) is 3.09. The van der Waals surface area contributed by atoms with Gasteiger partial charge in [0.15, 0.2) is 5.13 Å². The van der Waals surface area contributed by atoms with E-state index in [1.54, 1.807) is 12.0 Å². The highest BCUT2D eigenvalue weighted by Crippen LogP contribution is 2.34. The number of terminal acetylenes is 1. The minimum absolute atomic E-state index is 0.105. The van der Waals surface area contributed by atoms with Gasteiger partial charge in [-0.3, -0.25) is 5.32 Å². The molecule has 6 nitrogen and oxygen atoms in total. The summed E-state index contributed by atoms with van der Waals surface area (Å²) >= 11 is 1.34. The van der Waals surface area contributed by atoms with E-state index in [-0.39, 0.29) is 18.6 Å². The van der Waals surface area contributed by atoms with Gasteiger partial charge in [-0.15, -0.1) is 17.8 Å². The lowest BCUT2D eigenvalue weighted by Gasteiger charge is -2.37. The van der Waals surface area contributed by atoms with Crippen molar-refractivity contribution >= 4 is 22.5 Å². The fraction of sp³-hybridized carbons (Fsp3) is 0.368. The molecule has 1 aliphatic rings. The third-order valence-electron chi connectivity index (χ3n) is 4.69. The van der Waals surface area contributed by atoms with E-state index in [1.807, 2.05) is 36.6 Å². The van der Waals surface area contributed by atoms with Gasteiger partial charge >= 0.3 is 6.03 Å². The number of benzene rings is 1. The van der Waals surface area contributed by atoms with E-state index in [4.69, 9.17) is 16.3 Å². The van der Waals surface area contributed by atoms with Crippen molar-refractivity contribution in [2.45, 2.75) is 12.3 Å². The number of methoxy groups -OCH3 is 1. The number of thiazole rings is 1. The van der Waals surface area contributed by atoms with Crippen molar-refractivity contribution in [1.29, 1.82) is 0 Å². The van der Waals surface area contributed by atoms with Gasteiger partial charge in [0.2, 0.25) is 0 Å². The van der Waals surface area contributed by atoms with E-state index in [0.717, 1.165) is 11.3 Å². The topological polar surface area (TPSA) is 74.7 Å². The van der Waals surface area contributed by atoms with Crippen molar-refractivity contribution in [3.05, 3.63) is 40.9 Å². The summed E-state index contributed by atoms with van der Waals surface area (Å²) in [6.07, 6.45) is 5.83. The number of anilines is 1. The summed E-state index contributed by atoms with van der Waals surface area (Å²) in [5.41, 5.74) is 0.935. The fourth-order valence-corrected chi connectivity index (χ4v) is 3.62. The number of nitrogens with zero attached hydrogens (tertiary/aromatic N) is 2. The van der Waals surface area contributed by atoms with Crippen LogP contribution in [-0.2, 0) is 5.41 Å². The van der Waals surface area contributed by atoms with Crippen molar-refractivity contribution in [2.24, 2.45) is 5.92 Å². The Balaban J connectivity index is 1.74. The average molecular weight is 371 g/mol. The van der Waals surface area contributed by atoms with E-state index in [9.17, 15) is 4.79 Å². The molecular weight excluding hydrogens is 350 g/mol. The number of aliphatic hydroxyl groups is 1. The second-order valence-electron chi connectivity index (χ2n) is 6.42. The van der Waals surface area contributed by atoms with E-state index in [2.05, 4.69) is 16.2 Å². The third kappa shape index (κ3) is 3.39. The minimum atomic E-state index is -0.704. The molecular formula is C19H21N3O3S. The zero-order valence-corrected chi connectivity index (χ0v) is 15.5. The Morgan fingerprint density at radius 1 is 1.50 bits per heavy atom. The van der Waals surface area contributed by atoms with Crippen LogP contribution in [-0.4, -0.2) is 47.8 Å². The predicted molar refractivity (Wildman–Crippen MR) is 102 cm³/mol. The second-order valence-corrected chi connectivity index (χ2v) is 7.28. The normalized spacial score (nSPS) is 16.3. The molecule has 26 heavy (non-hydrogen) atoms. The SMILES string of the molecule is C#C[C@@](C)(c1ccc(OC)cc1)c1csc(NC(=O)N2CC(CO)C2)n1. The fourth-order valence-electron chi connectivity index (χ4n) is 2.81. The number of nitrogens with one attached hydrogen (secondary N) is 1. The Labute approximate surface area is 156 Å². The number of carbonyl (C=O) groups is 1. The molecule has 2 heterocycles. The third-order valence-corrected chi connectivity index (χ3v) is 5.45. The smallest absolute Gasteiger partial charge is 0.323 e. The molecule has 3 rings (SSSR count). The summed E-state index contributed by atoms with van der Waals surface area (Å²) in [5.74, 6) is 3.76. The molecule has 0 bridgehead atoms. The number of aromatic nitrogens is 1. The first-order chi connectivity index (χ1) is 12.5. The number of hydrogen-bond donors (Lipinski definition) is 2. The van der Waals surface area contributed by atoms with E-state index < -0.39 is 5.41 Å². The zero-order chi connectivity index (χ0) is 18.7. The molecule has 1 aromatic heterocycles. The lowest BCUT2D eigenvalue weighted by Crippen LogP contribution is -2.52. The van der Waals surface area contributed by atoms with Crippen molar-refractivity contribution < 1.29 is 14.6 Å². The lowest BCUT2D eigenvalue weighted by molar-refractivity contribution is 0.0838. The van der Waals surface area contributed by atoms with Gasteiger partial charge in [-0.25, -0.2) is 9.78 Å². The van der Waals surface area contributed by atoms with Crippen LogP contribution in [0.15, 0.2) is 29.6 Å². The summed E-state index contributed by atoms with van der Waals surface area (Å²) < 4.78 is 5.19. The van der Waals surface area contributed by atoms with E-state index >= 15 is 0 Å². The maximum absolute atomic E-state index is 12.2. The van der Waals surface area contributed by atoms with Crippen LogP contribution in [0.5, 0.6) is 5.75 Å². The van der Waals surface area contributed by atoms with Crippen LogP contribution in [0.4, 0.5) is 9.93 Å². The van der Waals surface area contributed by atoms with Gasteiger partial charge in [-0.05, 0) is 24.6 Å². The van der Waals surface area contributed by atoms with Crippen molar-refractivity contribution in [1.82, 2.24) is 9.88 Å². The number of likely N-dealkylation sites (tertiary alicyclic amines) is 1. The largest absolute Gasteiger partial charge is 0.497 e. The maximum Gasteiger partial charge on any atom is 0.323 e. The predicted octanol–water partition coefficient (Wildman–Crippen LogP) is 2.55. The Hall–Kier alpha value is -2.56. The molecule has 2 amide bonds. The number of aliphatic hydroxyl groups excluding tert-OH is 1. The maximum atomic E-state index is 12.2. The second kappa shape index (κ2) is 7.36. The molecule has 0 spiro atoms. The van der Waals surface area contributed by atoms with Gasteiger partial charge < -0.3 is 14.7 Å². The molecule has 1 aliphatic heterocycles. The van der Waals surface area contributed by atoms with Crippen molar-refractivity contribution in [2.75, 3.05) is 32.1 Å².